The Morgan fingerprint density at radius 1 is 1.13 bits per heavy atom. The van der Waals surface area contributed by atoms with Crippen LogP contribution in [0.3, 0.4) is 0 Å². The summed E-state index contributed by atoms with van der Waals surface area (Å²) in [7, 11) is 3.06. The second kappa shape index (κ2) is 7.88. The first kappa shape index (κ1) is 17.2. The number of nitrogens with one attached hydrogen (secondary N) is 1. The van der Waals surface area contributed by atoms with Gasteiger partial charge >= 0.3 is 0 Å². The van der Waals surface area contributed by atoms with Gasteiger partial charge in [0.05, 0.1) is 30.8 Å². The Balaban J connectivity index is 2.28. The van der Waals surface area contributed by atoms with Crippen molar-refractivity contribution >= 4 is 23.2 Å². The Bertz CT molecular complexity index is 673. The third-order valence-electron chi connectivity index (χ3n) is 3.66. The van der Waals surface area contributed by atoms with Gasteiger partial charge in [-0.2, -0.15) is 0 Å². The fourth-order valence-corrected chi connectivity index (χ4v) is 2.67. The van der Waals surface area contributed by atoms with E-state index in [0.717, 1.165) is 5.56 Å². The average Bonchev–Trinajstić information content (AvgIpc) is 2.57. The molecule has 0 aliphatic carbocycles. The highest BCUT2D eigenvalue weighted by molar-refractivity contribution is 6.32. The summed E-state index contributed by atoms with van der Waals surface area (Å²) < 4.78 is 10.5. The molecule has 0 aliphatic rings. The molecule has 0 saturated heterocycles. The van der Waals surface area contributed by atoms with Crippen LogP contribution < -0.4 is 14.8 Å². The van der Waals surface area contributed by atoms with Crippen LogP contribution in [-0.2, 0) is 4.79 Å². The van der Waals surface area contributed by atoms with Gasteiger partial charge in [-0.3, -0.25) is 4.79 Å². The number of anilines is 1. The molecule has 2 rings (SSSR count). The lowest BCUT2D eigenvalue weighted by molar-refractivity contribution is -0.117. The minimum Gasteiger partial charge on any atom is -0.495 e. The van der Waals surface area contributed by atoms with E-state index in [1.165, 1.54) is 14.2 Å². The fraction of sp³-hybridized carbons (Fsp3) is 0.278. The highest BCUT2D eigenvalue weighted by atomic mass is 35.5. The molecule has 0 saturated carbocycles. The van der Waals surface area contributed by atoms with Gasteiger partial charge in [-0.1, -0.05) is 48.9 Å². The Morgan fingerprint density at radius 2 is 1.78 bits per heavy atom. The van der Waals surface area contributed by atoms with Gasteiger partial charge in [0.15, 0.2) is 0 Å². The summed E-state index contributed by atoms with van der Waals surface area (Å²) in [5, 5.41) is 3.34. The van der Waals surface area contributed by atoms with E-state index in [-0.39, 0.29) is 11.8 Å². The summed E-state index contributed by atoms with van der Waals surface area (Å²) >= 11 is 6.08. The number of hydrogen-bond acceptors (Lipinski definition) is 3. The number of methoxy groups -OCH3 is 2. The van der Waals surface area contributed by atoms with E-state index in [4.69, 9.17) is 21.1 Å². The number of benzene rings is 2. The van der Waals surface area contributed by atoms with Crippen molar-refractivity contribution in [2.75, 3.05) is 19.5 Å². The van der Waals surface area contributed by atoms with E-state index >= 15 is 0 Å². The van der Waals surface area contributed by atoms with Crippen LogP contribution in [0, 0.1) is 0 Å². The smallest absolute Gasteiger partial charge is 0.232 e. The normalized spacial score (nSPS) is 11.7. The lowest BCUT2D eigenvalue weighted by Gasteiger charge is -2.18. The predicted octanol–water partition coefficient (Wildman–Crippen LogP) is 4.49. The third kappa shape index (κ3) is 3.96. The first-order valence-electron chi connectivity index (χ1n) is 7.38. The Hall–Kier alpha value is -2.20. The molecule has 2 aromatic carbocycles. The zero-order chi connectivity index (χ0) is 16.8. The Morgan fingerprint density at radius 3 is 2.35 bits per heavy atom. The molecule has 0 aliphatic heterocycles. The minimum absolute atomic E-state index is 0.0959. The molecule has 0 aromatic heterocycles. The molecular formula is C18H20ClNO3. The standard InChI is InChI=1S/C18H20ClNO3/c1-4-13(12-8-6-5-7-9-12)18(21)20-15-11-16(22-2)14(19)10-17(15)23-3/h5-11,13H,4H2,1-3H3,(H,20,21). The highest BCUT2D eigenvalue weighted by Crippen LogP contribution is 2.36. The van der Waals surface area contributed by atoms with E-state index < -0.39 is 0 Å². The molecule has 1 atom stereocenters. The largest absolute Gasteiger partial charge is 0.495 e. The van der Waals surface area contributed by atoms with Gasteiger partial charge in [0.25, 0.3) is 0 Å². The quantitative estimate of drug-likeness (QED) is 0.847. The summed E-state index contributed by atoms with van der Waals surface area (Å²) in [5.74, 6) is 0.645. The van der Waals surface area contributed by atoms with Gasteiger partial charge in [0, 0.05) is 12.1 Å². The van der Waals surface area contributed by atoms with Crippen molar-refractivity contribution in [2.45, 2.75) is 19.3 Å². The van der Waals surface area contributed by atoms with Crippen molar-refractivity contribution in [3.05, 3.63) is 53.1 Å². The van der Waals surface area contributed by atoms with Crippen molar-refractivity contribution in [3.8, 4) is 11.5 Å². The number of carbonyl (C=O) groups excluding carboxylic acids is 1. The third-order valence-corrected chi connectivity index (χ3v) is 3.95. The van der Waals surface area contributed by atoms with Crippen molar-refractivity contribution in [3.63, 3.8) is 0 Å². The van der Waals surface area contributed by atoms with Crippen molar-refractivity contribution in [1.29, 1.82) is 0 Å². The Labute approximate surface area is 141 Å². The van der Waals surface area contributed by atoms with Gasteiger partial charge in [-0.05, 0) is 12.0 Å². The second-order valence-corrected chi connectivity index (χ2v) is 5.46. The van der Waals surface area contributed by atoms with Crippen LogP contribution >= 0.6 is 11.6 Å². The summed E-state index contributed by atoms with van der Waals surface area (Å²) in [5.41, 5.74) is 1.51. The molecule has 0 bridgehead atoms. The van der Waals surface area contributed by atoms with E-state index in [9.17, 15) is 4.79 Å². The van der Waals surface area contributed by atoms with E-state index in [2.05, 4.69) is 5.32 Å². The molecule has 1 amide bonds. The molecule has 0 heterocycles. The number of rotatable bonds is 6. The molecule has 122 valence electrons. The van der Waals surface area contributed by atoms with Gasteiger partial charge in [-0.15, -0.1) is 0 Å². The van der Waals surface area contributed by atoms with Gasteiger partial charge < -0.3 is 14.8 Å². The molecular weight excluding hydrogens is 314 g/mol. The van der Waals surface area contributed by atoms with Crippen LogP contribution in [0.2, 0.25) is 5.02 Å². The highest BCUT2D eigenvalue weighted by Gasteiger charge is 2.20. The average molecular weight is 334 g/mol. The summed E-state index contributed by atoms with van der Waals surface area (Å²) in [6.07, 6.45) is 0.697. The fourth-order valence-electron chi connectivity index (χ4n) is 2.44. The number of ether oxygens (including phenoxy) is 2. The maximum atomic E-state index is 12.7. The zero-order valence-corrected chi connectivity index (χ0v) is 14.2. The number of halogens is 1. The lowest BCUT2D eigenvalue weighted by atomic mass is 9.95. The van der Waals surface area contributed by atoms with E-state index in [1.807, 2.05) is 37.3 Å². The maximum Gasteiger partial charge on any atom is 0.232 e. The van der Waals surface area contributed by atoms with Gasteiger partial charge in [-0.25, -0.2) is 0 Å². The molecule has 1 unspecified atom stereocenters. The van der Waals surface area contributed by atoms with Crippen molar-refractivity contribution in [1.82, 2.24) is 0 Å². The zero-order valence-electron chi connectivity index (χ0n) is 13.4. The first-order chi connectivity index (χ1) is 11.1. The van der Waals surface area contributed by atoms with Gasteiger partial charge in [0.1, 0.15) is 11.5 Å². The van der Waals surface area contributed by atoms with Crippen LogP contribution in [-0.4, -0.2) is 20.1 Å². The second-order valence-electron chi connectivity index (χ2n) is 5.05. The van der Waals surface area contributed by atoms with Crippen LogP contribution in [0.25, 0.3) is 0 Å². The van der Waals surface area contributed by atoms with Gasteiger partial charge in [0.2, 0.25) is 5.91 Å². The summed E-state index contributed by atoms with van der Waals surface area (Å²) in [4.78, 5) is 12.7. The predicted molar refractivity (Wildman–Crippen MR) is 92.7 cm³/mol. The molecule has 0 fully saturated rings. The van der Waals surface area contributed by atoms with Crippen LogP contribution in [0.15, 0.2) is 42.5 Å². The lowest BCUT2D eigenvalue weighted by Crippen LogP contribution is -2.21. The van der Waals surface area contributed by atoms with E-state index in [1.54, 1.807) is 12.1 Å². The molecule has 5 heteroatoms. The molecule has 1 N–H and O–H groups in total. The molecule has 4 nitrogen and oxygen atoms in total. The molecule has 0 radical (unpaired) electrons. The molecule has 2 aromatic rings. The summed E-state index contributed by atoms with van der Waals surface area (Å²) in [6, 6.07) is 13.0. The number of carbonyl (C=O) groups is 1. The van der Waals surface area contributed by atoms with Crippen molar-refractivity contribution < 1.29 is 14.3 Å². The van der Waals surface area contributed by atoms with Crippen molar-refractivity contribution in [2.24, 2.45) is 0 Å². The van der Waals surface area contributed by atoms with Crippen LogP contribution in [0.1, 0.15) is 24.8 Å². The SMILES string of the molecule is CCC(C(=O)Nc1cc(OC)c(Cl)cc1OC)c1ccccc1. The molecule has 0 spiro atoms. The first-order valence-corrected chi connectivity index (χ1v) is 7.75. The Kier molecular flexibility index (Phi) is 5.88. The van der Waals surface area contributed by atoms with E-state index in [0.29, 0.717) is 28.6 Å². The minimum atomic E-state index is -0.234. The topological polar surface area (TPSA) is 47.6 Å². The number of hydrogen-bond donors (Lipinski definition) is 1. The maximum absolute atomic E-state index is 12.7. The van der Waals surface area contributed by atoms with Crippen LogP contribution in [0.4, 0.5) is 5.69 Å². The molecule has 23 heavy (non-hydrogen) atoms. The number of amides is 1. The van der Waals surface area contributed by atoms with Crippen LogP contribution in [0.5, 0.6) is 11.5 Å². The summed E-state index contributed by atoms with van der Waals surface area (Å²) in [6.45, 7) is 1.98. The monoisotopic (exact) mass is 333 g/mol.